The Kier molecular flexibility index (Phi) is 5.98. The van der Waals surface area contributed by atoms with E-state index in [1.807, 2.05) is 30.5 Å². The molecule has 0 atom stereocenters. The fourth-order valence-corrected chi connectivity index (χ4v) is 5.04. The van der Waals surface area contributed by atoms with Gasteiger partial charge >= 0.3 is 0 Å². The van der Waals surface area contributed by atoms with Crippen molar-refractivity contribution in [2.24, 2.45) is 5.92 Å². The van der Waals surface area contributed by atoms with Gasteiger partial charge in [0.25, 0.3) is 0 Å². The average molecular weight is 439 g/mol. The molecule has 32 heavy (non-hydrogen) atoms. The second kappa shape index (κ2) is 9.20. The molecule has 1 N–H and O–H groups in total. The van der Waals surface area contributed by atoms with Crippen LogP contribution >= 0.6 is 11.8 Å². The summed E-state index contributed by atoms with van der Waals surface area (Å²) in [6.07, 6.45) is 8.76. The van der Waals surface area contributed by atoms with Crippen LogP contribution in [0.3, 0.4) is 0 Å². The predicted molar refractivity (Wildman–Crippen MR) is 133 cm³/mol. The summed E-state index contributed by atoms with van der Waals surface area (Å²) in [4.78, 5) is 6.21. The Bertz CT molecular complexity index is 1260. The van der Waals surface area contributed by atoms with E-state index >= 15 is 0 Å². The molecule has 5 heteroatoms. The number of thioether (sulfide) groups is 1. The van der Waals surface area contributed by atoms with Crippen molar-refractivity contribution in [3.8, 4) is 28.5 Å². The summed E-state index contributed by atoms with van der Waals surface area (Å²) >= 11 is 1.74. The Labute approximate surface area is 193 Å². The zero-order chi connectivity index (χ0) is 21.9. The number of aromatic nitrogens is 2. The van der Waals surface area contributed by atoms with Crippen LogP contribution in [0.1, 0.15) is 18.4 Å². The number of rotatable bonds is 5. The molecule has 1 saturated heterocycles. The molecule has 0 spiro atoms. The number of hydrogen-bond donors (Lipinski definition) is 1. The van der Waals surface area contributed by atoms with E-state index in [1.165, 1.54) is 28.6 Å². The summed E-state index contributed by atoms with van der Waals surface area (Å²) in [6, 6.07) is 20.9. The number of piperidine rings is 1. The first-order valence-corrected chi connectivity index (χ1v) is 12.3. The molecule has 0 bridgehead atoms. The fraction of sp³-hybridized carbons (Fsp3) is 0.259. The van der Waals surface area contributed by atoms with Crippen molar-refractivity contribution in [2.75, 3.05) is 19.3 Å². The van der Waals surface area contributed by atoms with Crippen molar-refractivity contribution in [3.05, 3.63) is 72.6 Å². The standard InChI is InChI=1S/C27H26N4S/c1-32-23-8-6-22(7-9-23)27-26(21-4-2-19(16-28)3-5-21)24-12-15-31(25(24)17-30-27)18-20-10-13-29-14-11-20/h2-9,12,15,17,20,29H,10-11,13-14,18H2,1H3. The minimum absolute atomic E-state index is 0.670. The molecule has 4 nitrogen and oxygen atoms in total. The number of pyridine rings is 1. The Balaban J connectivity index is 1.64. The zero-order valence-electron chi connectivity index (χ0n) is 18.2. The number of nitrogens with zero attached hydrogens (tertiary/aromatic N) is 3. The molecule has 0 amide bonds. The second-order valence-corrected chi connectivity index (χ2v) is 9.24. The van der Waals surface area contributed by atoms with Crippen LogP contribution in [0.25, 0.3) is 33.3 Å². The van der Waals surface area contributed by atoms with Gasteiger partial charge in [0.2, 0.25) is 0 Å². The lowest BCUT2D eigenvalue weighted by atomic mass is 9.95. The Morgan fingerprint density at radius 3 is 2.44 bits per heavy atom. The summed E-state index contributed by atoms with van der Waals surface area (Å²) in [7, 11) is 0. The van der Waals surface area contributed by atoms with E-state index in [4.69, 9.17) is 4.98 Å². The van der Waals surface area contributed by atoms with Crippen LogP contribution in [-0.4, -0.2) is 28.9 Å². The van der Waals surface area contributed by atoms with Crippen LogP contribution in [0.4, 0.5) is 0 Å². The van der Waals surface area contributed by atoms with Gasteiger partial charge in [0.15, 0.2) is 0 Å². The number of nitrogens with one attached hydrogen (secondary N) is 1. The van der Waals surface area contributed by atoms with Gasteiger partial charge in [-0.25, -0.2) is 0 Å². The van der Waals surface area contributed by atoms with Gasteiger partial charge in [-0.1, -0.05) is 24.3 Å². The van der Waals surface area contributed by atoms with Crippen LogP contribution in [0, 0.1) is 17.2 Å². The predicted octanol–water partition coefficient (Wildman–Crippen LogP) is 5.96. The third-order valence-electron chi connectivity index (χ3n) is 6.41. The van der Waals surface area contributed by atoms with Crippen molar-refractivity contribution >= 4 is 22.7 Å². The number of nitriles is 1. The highest BCUT2D eigenvalue weighted by Crippen LogP contribution is 2.38. The van der Waals surface area contributed by atoms with Gasteiger partial charge in [-0.15, -0.1) is 11.8 Å². The monoisotopic (exact) mass is 438 g/mol. The SMILES string of the molecule is CSc1ccc(-c2ncc3c(ccn3CC3CCNCC3)c2-c2ccc(C#N)cc2)cc1. The number of benzene rings is 2. The molecule has 1 fully saturated rings. The highest BCUT2D eigenvalue weighted by Gasteiger charge is 2.18. The average Bonchev–Trinajstić information content (AvgIpc) is 3.27. The lowest BCUT2D eigenvalue weighted by Gasteiger charge is -2.23. The molecule has 4 aromatic rings. The normalized spacial score (nSPS) is 14.5. The smallest absolute Gasteiger partial charge is 0.0991 e. The van der Waals surface area contributed by atoms with Crippen molar-refractivity contribution in [1.29, 1.82) is 5.26 Å². The molecule has 2 aromatic heterocycles. The molecule has 0 radical (unpaired) electrons. The molecule has 2 aromatic carbocycles. The largest absolute Gasteiger partial charge is 0.346 e. The summed E-state index contributed by atoms with van der Waals surface area (Å²) in [5.74, 6) is 0.698. The number of fused-ring (bicyclic) bond motifs is 1. The van der Waals surface area contributed by atoms with Crippen molar-refractivity contribution < 1.29 is 0 Å². The third kappa shape index (κ3) is 4.04. The van der Waals surface area contributed by atoms with Crippen molar-refractivity contribution in [3.63, 3.8) is 0 Å². The molecular weight excluding hydrogens is 412 g/mol. The van der Waals surface area contributed by atoms with E-state index in [1.54, 1.807) is 11.8 Å². The van der Waals surface area contributed by atoms with Crippen LogP contribution in [-0.2, 0) is 6.54 Å². The molecule has 3 heterocycles. The Hall–Kier alpha value is -3.07. The number of hydrogen-bond acceptors (Lipinski definition) is 4. The highest BCUT2D eigenvalue weighted by molar-refractivity contribution is 7.98. The highest BCUT2D eigenvalue weighted by atomic mass is 32.2. The summed E-state index contributed by atoms with van der Waals surface area (Å²) in [5, 5.41) is 13.9. The lowest BCUT2D eigenvalue weighted by molar-refractivity contribution is 0.337. The van der Waals surface area contributed by atoms with Gasteiger partial charge in [-0.3, -0.25) is 4.98 Å². The van der Waals surface area contributed by atoms with E-state index in [-0.39, 0.29) is 0 Å². The Morgan fingerprint density at radius 1 is 1.03 bits per heavy atom. The summed E-state index contributed by atoms with van der Waals surface area (Å²) in [6.45, 7) is 3.24. The van der Waals surface area contributed by atoms with Gasteiger partial charge in [0.1, 0.15) is 0 Å². The maximum Gasteiger partial charge on any atom is 0.0991 e. The van der Waals surface area contributed by atoms with Crippen molar-refractivity contribution in [2.45, 2.75) is 24.3 Å². The quantitative estimate of drug-likeness (QED) is 0.390. The lowest BCUT2D eigenvalue weighted by Crippen LogP contribution is -2.29. The van der Waals surface area contributed by atoms with E-state index < -0.39 is 0 Å². The summed E-state index contributed by atoms with van der Waals surface area (Å²) < 4.78 is 2.37. The van der Waals surface area contributed by atoms with E-state index in [0.717, 1.165) is 42.0 Å². The maximum atomic E-state index is 9.24. The van der Waals surface area contributed by atoms with E-state index in [9.17, 15) is 5.26 Å². The topological polar surface area (TPSA) is 53.6 Å². The Morgan fingerprint density at radius 2 is 1.75 bits per heavy atom. The van der Waals surface area contributed by atoms with Gasteiger partial charge in [-0.05, 0) is 74.0 Å². The van der Waals surface area contributed by atoms with E-state index in [0.29, 0.717) is 11.5 Å². The first-order chi connectivity index (χ1) is 15.8. The molecule has 0 aliphatic carbocycles. The molecule has 5 rings (SSSR count). The van der Waals surface area contributed by atoms with Crippen LogP contribution in [0.2, 0.25) is 0 Å². The van der Waals surface area contributed by atoms with Crippen LogP contribution in [0.5, 0.6) is 0 Å². The molecular formula is C27H26N4S. The van der Waals surface area contributed by atoms with Crippen LogP contribution in [0.15, 0.2) is 71.9 Å². The van der Waals surface area contributed by atoms with Gasteiger partial charge in [-0.2, -0.15) is 5.26 Å². The van der Waals surface area contributed by atoms with Crippen molar-refractivity contribution in [1.82, 2.24) is 14.9 Å². The van der Waals surface area contributed by atoms with Gasteiger partial charge in [0, 0.05) is 34.2 Å². The zero-order valence-corrected chi connectivity index (χ0v) is 19.0. The minimum Gasteiger partial charge on any atom is -0.346 e. The van der Waals surface area contributed by atoms with Gasteiger partial charge < -0.3 is 9.88 Å². The van der Waals surface area contributed by atoms with E-state index in [2.05, 4.69) is 58.7 Å². The molecule has 1 aliphatic rings. The first-order valence-electron chi connectivity index (χ1n) is 11.1. The molecule has 0 saturated carbocycles. The minimum atomic E-state index is 0.670. The third-order valence-corrected chi connectivity index (χ3v) is 7.15. The summed E-state index contributed by atoms with van der Waals surface area (Å²) in [5.41, 5.74) is 6.15. The first kappa shape index (κ1) is 20.8. The fourth-order valence-electron chi connectivity index (χ4n) is 4.63. The molecule has 1 aliphatic heterocycles. The maximum absolute atomic E-state index is 9.24. The molecule has 160 valence electrons. The van der Waals surface area contributed by atoms with Gasteiger partial charge in [0.05, 0.1) is 29.0 Å². The van der Waals surface area contributed by atoms with Crippen LogP contribution < -0.4 is 5.32 Å². The second-order valence-electron chi connectivity index (χ2n) is 8.36. The molecule has 0 unspecified atom stereocenters.